The van der Waals surface area contributed by atoms with Crippen LogP contribution >= 0.6 is 0 Å². The van der Waals surface area contributed by atoms with Crippen LogP contribution < -0.4 is 10.1 Å². The van der Waals surface area contributed by atoms with Crippen LogP contribution in [0.25, 0.3) is 0 Å². The molecule has 0 radical (unpaired) electrons. The number of ether oxygens (including phenoxy) is 1. The third-order valence-electron chi connectivity index (χ3n) is 3.95. The second-order valence-corrected chi connectivity index (χ2v) is 6.36. The van der Waals surface area contributed by atoms with Crippen LogP contribution in [-0.4, -0.2) is 29.1 Å². The van der Waals surface area contributed by atoms with Gasteiger partial charge in [-0.2, -0.15) is 0 Å². The Morgan fingerprint density at radius 2 is 2.04 bits per heavy atom. The predicted molar refractivity (Wildman–Crippen MR) is 89.6 cm³/mol. The molecule has 0 aromatic heterocycles. The summed E-state index contributed by atoms with van der Waals surface area (Å²) in [6.07, 6.45) is 1.02. The molecule has 1 atom stereocenters. The molecule has 5 nitrogen and oxygen atoms in total. The highest BCUT2D eigenvalue weighted by Crippen LogP contribution is 2.21. The number of amides is 1. The van der Waals surface area contributed by atoms with Gasteiger partial charge < -0.3 is 15.2 Å². The largest absolute Gasteiger partial charge is 0.494 e. The number of carbonyl (C=O) groups excluding carboxylic acids is 1. The zero-order chi connectivity index (χ0) is 17.5. The first kappa shape index (κ1) is 19.0. The normalized spacial score (nSPS) is 13.4. The van der Waals surface area contributed by atoms with E-state index in [1.807, 2.05) is 45.0 Å². The molecule has 1 aromatic carbocycles. The van der Waals surface area contributed by atoms with Gasteiger partial charge in [0.05, 0.1) is 19.4 Å². The van der Waals surface area contributed by atoms with Crippen molar-refractivity contribution in [3.05, 3.63) is 29.8 Å². The number of carboxylic acids is 1. The van der Waals surface area contributed by atoms with Gasteiger partial charge >= 0.3 is 5.97 Å². The molecule has 1 unspecified atom stereocenters. The van der Waals surface area contributed by atoms with Gasteiger partial charge in [0.15, 0.2) is 0 Å². The zero-order valence-electron chi connectivity index (χ0n) is 14.4. The van der Waals surface area contributed by atoms with Gasteiger partial charge in [-0.1, -0.05) is 32.9 Å². The minimum Gasteiger partial charge on any atom is -0.494 e. The monoisotopic (exact) mass is 321 g/mol. The Balaban J connectivity index is 2.73. The summed E-state index contributed by atoms with van der Waals surface area (Å²) in [4.78, 5) is 23.3. The third kappa shape index (κ3) is 6.30. The van der Waals surface area contributed by atoms with Crippen LogP contribution in [0.2, 0.25) is 0 Å². The van der Waals surface area contributed by atoms with Crippen molar-refractivity contribution in [3.8, 4) is 5.75 Å². The maximum atomic E-state index is 12.3. The minimum atomic E-state index is -0.920. The smallest absolute Gasteiger partial charge is 0.305 e. The van der Waals surface area contributed by atoms with Gasteiger partial charge in [0.1, 0.15) is 5.75 Å². The van der Waals surface area contributed by atoms with Crippen molar-refractivity contribution < 1.29 is 19.4 Å². The first-order valence-corrected chi connectivity index (χ1v) is 8.01. The van der Waals surface area contributed by atoms with E-state index in [4.69, 9.17) is 9.84 Å². The van der Waals surface area contributed by atoms with E-state index in [0.717, 1.165) is 17.7 Å². The molecular formula is C18H27NO4. The average molecular weight is 321 g/mol. The van der Waals surface area contributed by atoms with Gasteiger partial charge in [0.25, 0.3) is 0 Å². The van der Waals surface area contributed by atoms with Gasteiger partial charge in [-0.25, -0.2) is 0 Å². The van der Waals surface area contributed by atoms with E-state index in [9.17, 15) is 9.59 Å². The summed E-state index contributed by atoms with van der Waals surface area (Å²) in [6, 6.07) is 7.42. The Bertz CT molecular complexity index is 542. The molecule has 0 heterocycles. The molecule has 0 saturated carbocycles. The highest BCUT2D eigenvalue weighted by atomic mass is 16.5. The molecule has 1 aromatic rings. The van der Waals surface area contributed by atoms with Crippen molar-refractivity contribution >= 4 is 11.9 Å². The lowest BCUT2D eigenvalue weighted by molar-refractivity contribution is -0.139. The number of aliphatic carboxylic acids is 1. The van der Waals surface area contributed by atoms with Crippen LogP contribution in [0.3, 0.4) is 0 Å². The Hall–Kier alpha value is -2.04. The molecule has 0 aliphatic heterocycles. The summed E-state index contributed by atoms with van der Waals surface area (Å²) in [7, 11) is 0. The summed E-state index contributed by atoms with van der Waals surface area (Å²) in [5.74, 6) is -0.345. The SMILES string of the molecule is CCCOc1cccc(CC(=O)NC(C)(CC(=O)O)C(C)C)c1. The highest BCUT2D eigenvalue weighted by Gasteiger charge is 2.32. The van der Waals surface area contributed by atoms with E-state index >= 15 is 0 Å². The summed E-state index contributed by atoms with van der Waals surface area (Å²) in [5.41, 5.74) is 0.0803. The minimum absolute atomic E-state index is 0.0155. The van der Waals surface area contributed by atoms with Crippen molar-refractivity contribution in [3.63, 3.8) is 0 Å². The fourth-order valence-corrected chi connectivity index (χ4v) is 2.22. The summed E-state index contributed by atoms with van der Waals surface area (Å²) >= 11 is 0. The Kier molecular flexibility index (Phi) is 7.07. The molecule has 0 spiro atoms. The molecule has 0 aliphatic rings. The van der Waals surface area contributed by atoms with Crippen LogP contribution in [0.15, 0.2) is 24.3 Å². The number of hydrogen-bond acceptors (Lipinski definition) is 3. The van der Waals surface area contributed by atoms with E-state index in [1.54, 1.807) is 6.92 Å². The van der Waals surface area contributed by atoms with Gasteiger partial charge in [-0.3, -0.25) is 9.59 Å². The number of carbonyl (C=O) groups is 2. The van der Waals surface area contributed by atoms with E-state index in [2.05, 4.69) is 5.32 Å². The Morgan fingerprint density at radius 3 is 2.61 bits per heavy atom. The van der Waals surface area contributed by atoms with Crippen molar-refractivity contribution in [2.45, 2.75) is 52.5 Å². The summed E-state index contributed by atoms with van der Waals surface area (Å²) < 4.78 is 5.56. The first-order valence-electron chi connectivity index (χ1n) is 8.01. The molecule has 0 bridgehead atoms. The van der Waals surface area contributed by atoms with E-state index in [1.165, 1.54) is 0 Å². The second-order valence-electron chi connectivity index (χ2n) is 6.36. The van der Waals surface area contributed by atoms with Crippen LogP contribution in [-0.2, 0) is 16.0 Å². The number of hydrogen-bond donors (Lipinski definition) is 2. The number of rotatable bonds is 9. The zero-order valence-corrected chi connectivity index (χ0v) is 14.4. The number of carboxylic acid groups (broad SMARTS) is 1. The standard InChI is InChI=1S/C18H27NO4/c1-5-9-23-15-8-6-7-14(10-15)11-16(20)19-18(4,13(2)3)12-17(21)22/h6-8,10,13H,5,9,11-12H2,1-4H3,(H,19,20)(H,21,22). The number of benzene rings is 1. The van der Waals surface area contributed by atoms with Crippen molar-refractivity contribution in [1.82, 2.24) is 5.32 Å². The fourth-order valence-electron chi connectivity index (χ4n) is 2.22. The van der Waals surface area contributed by atoms with Gasteiger partial charge in [-0.05, 0) is 37.0 Å². The third-order valence-corrected chi connectivity index (χ3v) is 3.95. The van der Waals surface area contributed by atoms with Crippen molar-refractivity contribution in [2.24, 2.45) is 5.92 Å². The maximum absolute atomic E-state index is 12.3. The summed E-state index contributed by atoms with van der Waals surface area (Å²) in [5, 5.41) is 11.9. The maximum Gasteiger partial charge on any atom is 0.305 e. The molecule has 0 fully saturated rings. The van der Waals surface area contributed by atoms with Crippen molar-refractivity contribution in [2.75, 3.05) is 6.61 Å². The number of nitrogens with one attached hydrogen (secondary N) is 1. The van der Waals surface area contributed by atoms with E-state index in [0.29, 0.717) is 6.61 Å². The lowest BCUT2D eigenvalue weighted by Crippen LogP contribution is -2.51. The highest BCUT2D eigenvalue weighted by molar-refractivity contribution is 5.80. The van der Waals surface area contributed by atoms with Crippen molar-refractivity contribution in [1.29, 1.82) is 0 Å². The molecule has 2 N–H and O–H groups in total. The topological polar surface area (TPSA) is 75.6 Å². The first-order chi connectivity index (χ1) is 10.8. The molecule has 0 aliphatic carbocycles. The van der Waals surface area contributed by atoms with Crippen LogP contribution in [0.4, 0.5) is 0 Å². The molecule has 5 heteroatoms. The van der Waals surface area contributed by atoms with Gasteiger partial charge in [0, 0.05) is 5.54 Å². The van der Waals surface area contributed by atoms with Gasteiger partial charge in [-0.15, -0.1) is 0 Å². The van der Waals surface area contributed by atoms with Crippen LogP contribution in [0.5, 0.6) is 5.75 Å². The second kappa shape index (κ2) is 8.56. The predicted octanol–water partition coefficient (Wildman–Crippen LogP) is 3.02. The molecule has 0 saturated heterocycles. The lowest BCUT2D eigenvalue weighted by atomic mass is 9.85. The quantitative estimate of drug-likeness (QED) is 0.733. The molecule has 23 heavy (non-hydrogen) atoms. The average Bonchev–Trinajstić information content (AvgIpc) is 2.44. The van der Waals surface area contributed by atoms with Crippen LogP contribution in [0.1, 0.15) is 46.1 Å². The Labute approximate surface area is 138 Å². The van der Waals surface area contributed by atoms with Gasteiger partial charge in [0.2, 0.25) is 5.91 Å². The summed E-state index contributed by atoms with van der Waals surface area (Å²) in [6.45, 7) is 8.25. The van der Waals surface area contributed by atoms with E-state index < -0.39 is 11.5 Å². The lowest BCUT2D eigenvalue weighted by Gasteiger charge is -2.33. The molecule has 1 amide bonds. The van der Waals surface area contributed by atoms with Crippen LogP contribution in [0, 0.1) is 5.92 Å². The Morgan fingerprint density at radius 1 is 1.35 bits per heavy atom. The molecular weight excluding hydrogens is 294 g/mol. The fraction of sp³-hybridized carbons (Fsp3) is 0.556. The molecule has 1 rings (SSSR count). The molecule has 128 valence electrons. The van der Waals surface area contributed by atoms with E-state index in [-0.39, 0.29) is 24.7 Å².